The van der Waals surface area contributed by atoms with E-state index in [1.165, 1.54) is 146 Å². The summed E-state index contributed by atoms with van der Waals surface area (Å²) < 4.78 is 30.0. The second kappa shape index (κ2) is 38.0. The highest BCUT2D eigenvalue weighted by molar-refractivity contribution is 7.80. The molecule has 0 aliphatic carbocycles. The maximum atomic E-state index is 13.0. The maximum Gasteiger partial charge on any atom is 0.338 e. The van der Waals surface area contributed by atoms with Gasteiger partial charge in [0.2, 0.25) is 0 Å². The summed E-state index contributed by atoms with van der Waals surface area (Å²) in [6.07, 6.45) is 35.2. The second-order valence-corrected chi connectivity index (χ2v) is 18.0. The van der Waals surface area contributed by atoms with Crippen LogP contribution in [0.4, 0.5) is 0 Å². The lowest BCUT2D eigenvalue weighted by atomic mass is 10.1. The van der Waals surface area contributed by atoms with Gasteiger partial charge in [0.15, 0.2) is 11.5 Å². The molecular weight excluding hydrogens is 801 g/mol. The van der Waals surface area contributed by atoms with Crippen LogP contribution in [0.25, 0.3) is 11.1 Å². The predicted octanol–water partition coefficient (Wildman–Crippen LogP) is 17.0. The number of thiol groups is 1. The lowest BCUT2D eigenvalue weighted by molar-refractivity contribution is 0.0497. The highest BCUT2D eigenvalue weighted by atomic mass is 32.1. The van der Waals surface area contributed by atoms with Crippen molar-refractivity contribution in [3.8, 4) is 34.1 Å². The zero-order valence-electron chi connectivity index (χ0n) is 40.0. The minimum Gasteiger partial charge on any atom is -0.494 e. The number of hydrogen-bond acceptors (Lipinski definition) is 7. The number of esters is 1. The van der Waals surface area contributed by atoms with Gasteiger partial charge in [-0.3, -0.25) is 0 Å². The molecule has 0 aliphatic heterocycles. The summed E-state index contributed by atoms with van der Waals surface area (Å²) in [5, 5.41) is 0. The van der Waals surface area contributed by atoms with Crippen LogP contribution in [0, 0.1) is 0 Å². The van der Waals surface area contributed by atoms with Crippen molar-refractivity contribution in [2.45, 2.75) is 200 Å². The van der Waals surface area contributed by atoms with E-state index in [9.17, 15) is 4.79 Å². The Bertz CT molecular complexity index is 1510. The Morgan fingerprint density at radius 1 is 0.381 bits per heavy atom. The van der Waals surface area contributed by atoms with Crippen molar-refractivity contribution < 1.29 is 28.5 Å². The quantitative estimate of drug-likeness (QED) is 0.0347. The van der Waals surface area contributed by atoms with Gasteiger partial charge in [0.05, 0.1) is 38.6 Å². The molecule has 0 aromatic heterocycles. The topological polar surface area (TPSA) is 63.2 Å². The fourth-order valence-corrected chi connectivity index (χ4v) is 8.05. The van der Waals surface area contributed by atoms with Gasteiger partial charge >= 0.3 is 5.97 Å². The molecule has 3 aromatic rings. The number of unbranched alkanes of at least 4 members (excludes halogenated alkanes) is 25. The molecule has 0 N–H and O–H groups in total. The van der Waals surface area contributed by atoms with E-state index in [2.05, 4.69) is 75.0 Å². The third-order valence-corrected chi connectivity index (χ3v) is 12.2. The Labute approximate surface area is 390 Å². The number of ether oxygens (including phenoxy) is 5. The summed E-state index contributed by atoms with van der Waals surface area (Å²) >= 11 is 4.29. The molecule has 0 bridgehead atoms. The van der Waals surface area contributed by atoms with Gasteiger partial charge in [-0.15, -0.1) is 0 Å². The van der Waals surface area contributed by atoms with E-state index in [4.69, 9.17) is 23.7 Å². The number of hydrogen-bond donors (Lipinski definition) is 1. The van der Waals surface area contributed by atoms with Crippen LogP contribution in [0.15, 0.2) is 66.7 Å². The largest absolute Gasteiger partial charge is 0.494 e. The molecule has 0 fully saturated rings. The van der Waals surface area contributed by atoms with E-state index in [1.807, 2.05) is 18.2 Å². The molecule has 0 saturated carbocycles. The van der Waals surface area contributed by atoms with Gasteiger partial charge in [0, 0.05) is 0 Å². The Morgan fingerprint density at radius 3 is 1.14 bits per heavy atom. The first kappa shape index (κ1) is 54.0. The summed E-state index contributed by atoms with van der Waals surface area (Å²) in [6, 6.07) is 22.4. The fraction of sp³-hybridized carbons (Fsp3) is 0.661. The third-order valence-electron chi connectivity index (χ3n) is 11.8. The van der Waals surface area contributed by atoms with Crippen LogP contribution >= 0.6 is 12.6 Å². The van der Waals surface area contributed by atoms with Gasteiger partial charge in [-0.1, -0.05) is 186 Å². The van der Waals surface area contributed by atoms with E-state index < -0.39 is 0 Å². The van der Waals surface area contributed by atoms with Crippen molar-refractivity contribution >= 4 is 18.6 Å². The first-order valence-electron chi connectivity index (χ1n) is 25.8. The molecule has 0 radical (unpaired) electrons. The SMILES string of the molecule is CCCCCCCCOc1ccc(C(=O)OCCCCCCCCCCOc2ccc(-c3ccc(OCCCCCCCCCCCS)cc3)cc2)cc1OCCCCCCCC. The average molecular weight is 889 g/mol. The molecule has 0 atom stereocenters. The van der Waals surface area contributed by atoms with E-state index in [0.29, 0.717) is 31.1 Å². The van der Waals surface area contributed by atoms with E-state index in [0.717, 1.165) is 87.6 Å². The molecule has 0 spiro atoms. The normalized spacial score (nSPS) is 11.2. The molecule has 63 heavy (non-hydrogen) atoms. The van der Waals surface area contributed by atoms with Gasteiger partial charge in [-0.05, 0) is 97.9 Å². The lowest BCUT2D eigenvalue weighted by Crippen LogP contribution is -2.08. The average Bonchev–Trinajstić information content (AvgIpc) is 3.31. The van der Waals surface area contributed by atoms with Crippen molar-refractivity contribution in [3.05, 3.63) is 72.3 Å². The molecule has 6 nitrogen and oxygen atoms in total. The minimum absolute atomic E-state index is 0.288. The van der Waals surface area contributed by atoms with Gasteiger partial charge in [0.25, 0.3) is 0 Å². The standard InChI is InChI=1S/C56H88O6S/c1-3-5-7-9-20-28-44-60-54-41-36-51(48-55(54)61-45-29-21-10-8-6-4-2)56(57)62-46-30-24-18-14-13-17-23-27-43-59-53-39-34-50(35-40-53)49-32-37-52(38-33-49)58-42-26-22-16-12-11-15-19-25-31-47-63/h32-41,48,63H,3-31,42-47H2,1-2H3. The smallest absolute Gasteiger partial charge is 0.338 e. The number of rotatable bonds is 42. The van der Waals surface area contributed by atoms with Crippen molar-refractivity contribution in [1.29, 1.82) is 0 Å². The zero-order chi connectivity index (χ0) is 44.7. The first-order chi connectivity index (χ1) is 31.1. The van der Waals surface area contributed by atoms with Crippen LogP contribution in [0.5, 0.6) is 23.0 Å². The number of benzene rings is 3. The maximum absolute atomic E-state index is 13.0. The summed E-state index contributed by atoms with van der Waals surface area (Å²) in [5.41, 5.74) is 2.90. The Balaban J connectivity index is 1.20. The van der Waals surface area contributed by atoms with Crippen molar-refractivity contribution in [2.75, 3.05) is 38.8 Å². The van der Waals surface area contributed by atoms with Gasteiger partial charge in [0.1, 0.15) is 11.5 Å². The molecule has 3 aromatic carbocycles. The van der Waals surface area contributed by atoms with Crippen LogP contribution in [0.3, 0.4) is 0 Å². The molecular formula is C56H88O6S. The molecule has 0 amide bonds. The summed E-state index contributed by atoms with van der Waals surface area (Å²) in [7, 11) is 0. The van der Waals surface area contributed by atoms with Gasteiger partial charge in [-0.25, -0.2) is 4.79 Å². The van der Waals surface area contributed by atoms with Gasteiger partial charge in [-0.2, -0.15) is 12.6 Å². The van der Waals surface area contributed by atoms with Crippen LogP contribution < -0.4 is 18.9 Å². The Hall–Kier alpha value is -3.32. The third kappa shape index (κ3) is 26.9. The van der Waals surface area contributed by atoms with Crippen molar-refractivity contribution in [1.82, 2.24) is 0 Å². The first-order valence-corrected chi connectivity index (χ1v) is 26.4. The summed E-state index contributed by atoms with van der Waals surface area (Å²) in [4.78, 5) is 13.0. The molecule has 3 rings (SSSR count). The van der Waals surface area contributed by atoms with E-state index in [-0.39, 0.29) is 5.97 Å². The van der Waals surface area contributed by atoms with Crippen LogP contribution in [0.1, 0.15) is 210 Å². The Kier molecular flexibility index (Phi) is 32.6. The van der Waals surface area contributed by atoms with Crippen LogP contribution in [0.2, 0.25) is 0 Å². The summed E-state index contributed by atoms with van der Waals surface area (Å²) in [6.45, 7) is 7.76. The highest BCUT2D eigenvalue weighted by Gasteiger charge is 2.14. The molecule has 0 heterocycles. The summed E-state index contributed by atoms with van der Waals surface area (Å²) in [5.74, 6) is 3.98. The molecule has 0 saturated heterocycles. The molecule has 0 unspecified atom stereocenters. The number of carbonyl (C=O) groups excluding carboxylic acids is 1. The highest BCUT2D eigenvalue weighted by Crippen LogP contribution is 2.30. The molecule has 354 valence electrons. The molecule has 0 aliphatic rings. The lowest BCUT2D eigenvalue weighted by Gasteiger charge is -2.14. The number of carbonyl (C=O) groups is 1. The molecule has 7 heteroatoms. The predicted molar refractivity (Wildman–Crippen MR) is 270 cm³/mol. The monoisotopic (exact) mass is 889 g/mol. The zero-order valence-corrected chi connectivity index (χ0v) is 40.9. The fourth-order valence-electron chi connectivity index (χ4n) is 7.83. The van der Waals surface area contributed by atoms with E-state index >= 15 is 0 Å². The van der Waals surface area contributed by atoms with Crippen LogP contribution in [-0.2, 0) is 4.74 Å². The minimum atomic E-state index is -0.288. The van der Waals surface area contributed by atoms with E-state index in [1.54, 1.807) is 0 Å². The van der Waals surface area contributed by atoms with Crippen LogP contribution in [-0.4, -0.2) is 44.8 Å². The second-order valence-electron chi connectivity index (χ2n) is 17.5. The van der Waals surface area contributed by atoms with Gasteiger partial charge < -0.3 is 23.7 Å². The Morgan fingerprint density at radius 2 is 0.730 bits per heavy atom. The van der Waals surface area contributed by atoms with Crippen molar-refractivity contribution in [2.24, 2.45) is 0 Å². The van der Waals surface area contributed by atoms with Crippen molar-refractivity contribution in [3.63, 3.8) is 0 Å².